The first kappa shape index (κ1) is 11.7. The van der Waals surface area contributed by atoms with Gasteiger partial charge in [0.15, 0.2) is 0 Å². The highest BCUT2D eigenvalue weighted by Crippen LogP contribution is 2.28. The van der Waals surface area contributed by atoms with Crippen LogP contribution in [-0.2, 0) is 0 Å². The molecule has 0 bridgehead atoms. The summed E-state index contributed by atoms with van der Waals surface area (Å²) in [4.78, 5) is 4.75. The second kappa shape index (κ2) is 4.63. The number of nitrogen functional groups attached to an aromatic ring is 1. The minimum Gasteiger partial charge on any atom is -0.397 e. The van der Waals surface area contributed by atoms with Crippen molar-refractivity contribution >= 4 is 27.3 Å². The maximum Gasteiger partial charge on any atom is 0.0601 e. The average molecular weight is 284 g/mol. The van der Waals surface area contributed by atoms with Crippen molar-refractivity contribution in [1.82, 2.24) is 4.90 Å². The zero-order valence-electron chi connectivity index (χ0n) is 9.78. The second-order valence-electron chi connectivity index (χ2n) is 4.48. The average Bonchev–Trinajstić information content (AvgIpc) is 2.22. The van der Waals surface area contributed by atoms with Crippen LogP contribution in [0.15, 0.2) is 22.7 Å². The zero-order chi connectivity index (χ0) is 11.7. The number of piperazine rings is 1. The minimum absolute atomic E-state index is 0.580. The van der Waals surface area contributed by atoms with Crippen LogP contribution in [0.4, 0.5) is 11.4 Å². The van der Waals surface area contributed by atoms with Gasteiger partial charge in [-0.05, 0) is 32.2 Å². The number of halogens is 1. The highest BCUT2D eigenvalue weighted by molar-refractivity contribution is 9.10. The molecule has 1 heterocycles. The van der Waals surface area contributed by atoms with Crippen LogP contribution in [0.2, 0.25) is 0 Å². The van der Waals surface area contributed by atoms with Gasteiger partial charge >= 0.3 is 0 Å². The van der Waals surface area contributed by atoms with E-state index in [-0.39, 0.29) is 0 Å². The molecule has 0 radical (unpaired) electrons. The Morgan fingerprint density at radius 3 is 2.75 bits per heavy atom. The van der Waals surface area contributed by atoms with Crippen LogP contribution in [0.1, 0.15) is 6.92 Å². The van der Waals surface area contributed by atoms with Gasteiger partial charge in [0, 0.05) is 30.1 Å². The number of hydrogen-bond acceptors (Lipinski definition) is 3. The molecule has 1 aliphatic heterocycles. The van der Waals surface area contributed by atoms with E-state index in [1.165, 1.54) is 0 Å². The Morgan fingerprint density at radius 1 is 1.38 bits per heavy atom. The van der Waals surface area contributed by atoms with E-state index in [4.69, 9.17) is 5.73 Å². The number of rotatable bonds is 1. The topological polar surface area (TPSA) is 32.5 Å². The first-order chi connectivity index (χ1) is 7.58. The Bertz CT molecular complexity index is 381. The summed E-state index contributed by atoms with van der Waals surface area (Å²) < 4.78 is 1.04. The van der Waals surface area contributed by atoms with Gasteiger partial charge in [0.2, 0.25) is 0 Å². The first-order valence-corrected chi connectivity index (χ1v) is 6.37. The number of likely N-dealkylation sites (N-methyl/N-ethyl adjacent to an activating group) is 1. The smallest absolute Gasteiger partial charge is 0.0601 e. The molecule has 1 fully saturated rings. The van der Waals surface area contributed by atoms with Gasteiger partial charge in [0.1, 0.15) is 0 Å². The van der Waals surface area contributed by atoms with Crippen LogP contribution in [-0.4, -0.2) is 37.6 Å². The van der Waals surface area contributed by atoms with Gasteiger partial charge in [-0.25, -0.2) is 0 Å². The second-order valence-corrected chi connectivity index (χ2v) is 5.39. The number of benzene rings is 1. The molecule has 1 saturated heterocycles. The molecule has 88 valence electrons. The lowest BCUT2D eigenvalue weighted by Crippen LogP contribution is -2.50. The van der Waals surface area contributed by atoms with Gasteiger partial charge in [-0.1, -0.05) is 15.9 Å². The maximum atomic E-state index is 6.05. The van der Waals surface area contributed by atoms with Crippen molar-refractivity contribution < 1.29 is 0 Å². The molecule has 1 aliphatic rings. The molecule has 0 aromatic heterocycles. The predicted molar refractivity (Wildman–Crippen MR) is 72.9 cm³/mol. The van der Waals surface area contributed by atoms with Crippen LogP contribution >= 0.6 is 15.9 Å². The molecule has 2 N–H and O–H groups in total. The fourth-order valence-corrected chi connectivity index (χ4v) is 2.46. The lowest BCUT2D eigenvalue weighted by atomic mass is 10.1. The lowest BCUT2D eigenvalue weighted by molar-refractivity contribution is 0.234. The molecule has 4 heteroatoms. The van der Waals surface area contributed by atoms with Crippen molar-refractivity contribution in [2.24, 2.45) is 0 Å². The predicted octanol–water partition coefficient (Wildman–Crippen LogP) is 2.17. The van der Waals surface area contributed by atoms with Gasteiger partial charge in [0.25, 0.3) is 0 Å². The van der Waals surface area contributed by atoms with Gasteiger partial charge < -0.3 is 15.5 Å². The van der Waals surface area contributed by atoms with E-state index >= 15 is 0 Å². The zero-order valence-corrected chi connectivity index (χ0v) is 11.4. The van der Waals surface area contributed by atoms with Gasteiger partial charge in [-0.15, -0.1) is 0 Å². The summed E-state index contributed by atoms with van der Waals surface area (Å²) in [5.74, 6) is 0. The molecule has 16 heavy (non-hydrogen) atoms. The normalized spacial score (nSPS) is 22.4. The van der Waals surface area contributed by atoms with E-state index in [2.05, 4.69) is 51.8 Å². The summed E-state index contributed by atoms with van der Waals surface area (Å²) in [5.41, 5.74) is 8.06. The Hall–Kier alpha value is -0.740. The molecule has 0 amide bonds. The van der Waals surface area contributed by atoms with E-state index in [0.29, 0.717) is 6.04 Å². The number of hydrogen-bond donors (Lipinski definition) is 1. The van der Waals surface area contributed by atoms with Crippen molar-refractivity contribution in [3.8, 4) is 0 Å². The number of nitrogens with two attached hydrogens (primary N) is 1. The van der Waals surface area contributed by atoms with E-state index in [9.17, 15) is 0 Å². The van der Waals surface area contributed by atoms with Crippen LogP contribution in [0.25, 0.3) is 0 Å². The van der Waals surface area contributed by atoms with Crippen molar-refractivity contribution in [3.05, 3.63) is 22.7 Å². The molecule has 0 unspecified atom stereocenters. The number of nitrogens with zero attached hydrogens (tertiary/aromatic N) is 2. The lowest BCUT2D eigenvalue weighted by Gasteiger charge is -2.39. The Kier molecular flexibility index (Phi) is 3.40. The first-order valence-electron chi connectivity index (χ1n) is 5.58. The quantitative estimate of drug-likeness (QED) is 0.802. The highest BCUT2D eigenvalue weighted by atomic mass is 79.9. The van der Waals surface area contributed by atoms with Crippen molar-refractivity contribution in [2.75, 3.05) is 37.3 Å². The standard InChI is InChI=1S/C12H18BrN3/c1-9-8-16(6-5-15(9)2)12-4-3-10(13)7-11(12)14/h3-4,7,9H,5-6,8,14H2,1-2H3/t9-/m1/s1. The molecular weight excluding hydrogens is 266 g/mol. The molecule has 0 aliphatic carbocycles. The molecule has 3 nitrogen and oxygen atoms in total. The van der Waals surface area contributed by atoms with E-state index in [0.717, 1.165) is 35.5 Å². The van der Waals surface area contributed by atoms with Gasteiger partial charge in [0.05, 0.1) is 11.4 Å². The van der Waals surface area contributed by atoms with Crippen LogP contribution in [0.3, 0.4) is 0 Å². The third-order valence-corrected chi connectivity index (χ3v) is 3.78. The Morgan fingerprint density at radius 2 is 2.12 bits per heavy atom. The summed E-state index contributed by atoms with van der Waals surface area (Å²) in [6, 6.07) is 6.70. The van der Waals surface area contributed by atoms with Crippen LogP contribution in [0, 0.1) is 0 Å². The molecule has 1 aromatic rings. The molecular formula is C12H18BrN3. The SMILES string of the molecule is C[C@@H]1CN(c2ccc(Br)cc2N)CCN1C. The minimum atomic E-state index is 0.580. The van der Waals surface area contributed by atoms with Crippen molar-refractivity contribution in [3.63, 3.8) is 0 Å². The van der Waals surface area contributed by atoms with Crippen LogP contribution < -0.4 is 10.6 Å². The van der Waals surface area contributed by atoms with E-state index < -0.39 is 0 Å². The monoisotopic (exact) mass is 283 g/mol. The molecule has 0 saturated carbocycles. The summed E-state index contributed by atoms with van der Waals surface area (Å²) in [5, 5.41) is 0. The third kappa shape index (κ3) is 2.33. The fourth-order valence-electron chi connectivity index (χ4n) is 2.08. The molecule has 2 rings (SSSR count). The highest BCUT2D eigenvalue weighted by Gasteiger charge is 2.21. The van der Waals surface area contributed by atoms with Crippen LogP contribution in [0.5, 0.6) is 0 Å². The summed E-state index contributed by atoms with van der Waals surface area (Å²) >= 11 is 3.43. The Labute approximate surface area is 105 Å². The summed E-state index contributed by atoms with van der Waals surface area (Å²) in [7, 11) is 2.17. The molecule has 1 aromatic carbocycles. The summed E-state index contributed by atoms with van der Waals surface area (Å²) in [6.45, 7) is 5.44. The molecule has 1 atom stereocenters. The number of anilines is 2. The Balaban J connectivity index is 2.18. The summed E-state index contributed by atoms with van der Waals surface area (Å²) in [6.07, 6.45) is 0. The fraction of sp³-hybridized carbons (Fsp3) is 0.500. The van der Waals surface area contributed by atoms with E-state index in [1.54, 1.807) is 0 Å². The third-order valence-electron chi connectivity index (χ3n) is 3.29. The van der Waals surface area contributed by atoms with E-state index in [1.807, 2.05) is 6.07 Å². The molecule has 0 spiro atoms. The maximum absolute atomic E-state index is 6.05. The largest absolute Gasteiger partial charge is 0.397 e. The van der Waals surface area contributed by atoms with Crippen molar-refractivity contribution in [2.45, 2.75) is 13.0 Å². The van der Waals surface area contributed by atoms with Gasteiger partial charge in [-0.3, -0.25) is 0 Å². The van der Waals surface area contributed by atoms with Crippen molar-refractivity contribution in [1.29, 1.82) is 0 Å². The van der Waals surface area contributed by atoms with Gasteiger partial charge in [-0.2, -0.15) is 0 Å².